The lowest BCUT2D eigenvalue weighted by Gasteiger charge is -2.33. The van der Waals surface area contributed by atoms with E-state index >= 15 is 0 Å². The number of hydrogen-bond acceptors (Lipinski definition) is 2. The predicted molar refractivity (Wildman–Crippen MR) is 89.9 cm³/mol. The number of carbonyl (C=O) groups excluding carboxylic acids is 2. The van der Waals surface area contributed by atoms with Crippen molar-refractivity contribution in [3.8, 4) is 0 Å². The Hall–Kier alpha value is -1.84. The summed E-state index contributed by atoms with van der Waals surface area (Å²) in [4.78, 5) is 28.6. The maximum atomic E-state index is 12.5. The van der Waals surface area contributed by atoms with Gasteiger partial charge < -0.3 is 9.80 Å². The van der Waals surface area contributed by atoms with Gasteiger partial charge in [0.2, 0.25) is 11.8 Å². The molecule has 4 heteroatoms. The Morgan fingerprint density at radius 2 is 1.87 bits per heavy atom. The maximum Gasteiger partial charge on any atom is 0.227 e. The molecule has 0 saturated carbocycles. The Balaban J connectivity index is 1.49. The van der Waals surface area contributed by atoms with Gasteiger partial charge in [-0.05, 0) is 37.7 Å². The molecule has 0 radical (unpaired) electrons. The molecule has 2 aliphatic rings. The summed E-state index contributed by atoms with van der Waals surface area (Å²) in [5.74, 6) is 0.495. The molecular weight excluding hydrogens is 288 g/mol. The first-order valence-electron chi connectivity index (χ1n) is 8.84. The van der Waals surface area contributed by atoms with E-state index in [1.54, 1.807) is 0 Å². The first-order valence-corrected chi connectivity index (χ1v) is 8.84. The normalized spacial score (nSPS) is 21.7. The zero-order valence-electron chi connectivity index (χ0n) is 13.7. The first kappa shape index (κ1) is 16.0. The highest BCUT2D eigenvalue weighted by atomic mass is 16.2. The molecule has 1 unspecified atom stereocenters. The van der Waals surface area contributed by atoms with E-state index in [4.69, 9.17) is 0 Å². The van der Waals surface area contributed by atoms with Crippen LogP contribution in [-0.2, 0) is 16.0 Å². The van der Waals surface area contributed by atoms with Gasteiger partial charge in [-0.15, -0.1) is 0 Å². The fraction of sp³-hybridized carbons (Fsp3) is 0.579. The molecule has 1 atom stereocenters. The molecule has 1 aromatic rings. The van der Waals surface area contributed by atoms with Gasteiger partial charge in [-0.25, -0.2) is 0 Å². The highest BCUT2D eigenvalue weighted by Crippen LogP contribution is 2.22. The lowest BCUT2D eigenvalue weighted by atomic mass is 9.95. The smallest absolute Gasteiger partial charge is 0.227 e. The number of benzene rings is 1. The Labute approximate surface area is 138 Å². The van der Waals surface area contributed by atoms with Crippen LogP contribution in [0.2, 0.25) is 0 Å². The van der Waals surface area contributed by atoms with Crippen LogP contribution in [0.4, 0.5) is 0 Å². The molecule has 2 aliphatic heterocycles. The molecular formula is C19H26N2O2. The molecule has 0 aromatic heterocycles. The van der Waals surface area contributed by atoms with Crippen LogP contribution in [0, 0.1) is 5.92 Å². The summed E-state index contributed by atoms with van der Waals surface area (Å²) in [6, 6.07) is 10.4. The van der Waals surface area contributed by atoms with Crippen molar-refractivity contribution in [2.45, 2.75) is 38.5 Å². The number of amides is 2. The standard InChI is InChI=1S/C19H26N2O2/c22-18-11-10-17(19(23)20-12-4-5-13-20)15-21(18)14-6-9-16-7-2-1-3-8-16/h1-3,7-8,17H,4-6,9-15H2. The van der Waals surface area contributed by atoms with Crippen molar-refractivity contribution >= 4 is 11.8 Å². The van der Waals surface area contributed by atoms with Crippen molar-refractivity contribution in [3.63, 3.8) is 0 Å². The number of hydrogen-bond donors (Lipinski definition) is 0. The van der Waals surface area contributed by atoms with Crippen LogP contribution in [0.1, 0.15) is 37.7 Å². The molecule has 4 nitrogen and oxygen atoms in total. The molecule has 2 amide bonds. The molecule has 23 heavy (non-hydrogen) atoms. The van der Waals surface area contributed by atoms with Crippen LogP contribution in [0.5, 0.6) is 0 Å². The zero-order chi connectivity index (χ0) is 16.1. The monoisotopic (exact) mass is 314 g/mol. The average Bonchev–Trinajstić information content (AvgIpc) is 3.11. The summed E-state index contributed by atoms with van der Waals surface area (Å²) in [7, 11) is 0. The minimum atomic E-state index is 0.0162. The third-order valence-corrected chi connectivity index (χ3v) is 5.00. The number of aryl methyl sites for hydroxylation is 1. The minimum Gasteiger partial charge on any atom is -0.342 e. The number of piperidine rings is 1. The Bertz CT molecular complexity index is 538. The van der Waals surface area contributed by atoms with Gasteiger partial charge in [0.05, 0.1) is 5.92 Å². The van der Waals surface area contributed by atoms with Gasteiger partial charge in [-0.1, -0.05) is 30.3 Å². The van der Waals surface area contributed by atoms with E-state index in [1.165, 1.54) is 5.56 Å². The molecule has 2 heterocycles. The van der Waals surface area contributed by atoms with Gasteiger partial charge >= 0.3 is 0 Å². The summed E-state index contributed by atoms with van der Waals surface area (Å²) in [6.45, 7) is 3.18. The summed E-state index contributed by atoms with van der Waals surface area (Å²) in [5.41, 5.74) is 1.31. The molecule has 0 bridgehead atoms. The Morgan fingerprint density at radius 1 is 1.13 bits per heavy atom. The van der Waals surface area contributed by atoms with Crippen molar-refractivity contribution in [2.24, 2.45) is 5.92 Å². The SMILES string of the molecule is O=C1CCC(C(=O)N2CCCC2)CN1CCCc1ccccc1. The Morgan fingerprint density at radius 3 is 2.61 bits per heavy atom. The number of rotatable bonds is 5. The van der Waals surface area contributed by atoms with E-state index in [1.807, 2.05) is 28.0 Å². The predicted octanol–water partition coefficient (Wildman–Crippen LogP) is 2.48. The van der Waals surface area contributed by atoms with Crippen LogP contribution >= 0.6 is 0 Å². The van der Waals surface area contributed by atoms with Gasteiger partial charge in [0.15, 0.2) is 0 Å². The molecule has 2 fully saturated rings. The molecule has 1 aromatic carbocycles. The summed E-state index contributed by atoms with van der Waals surface area (Å²) in [5, 5.41) is 0. The van der Waals surface area contributed by atoms with Gasteiger partial charge in [-0.3, -0.25) is 9.59 Å². The quantitative estimate of drug-likeness (QED) is 0.838. The summed E-state index contributed by atoms with van der Waals surface area (Å²) >= 11 is 0. The van der Waals surface area contributed by atoms with Gasteiger partial charge in [0, 0.05) is 32.6 Å². The Kier molecular flexibility index (Phi) is 5.31. The van der Waals surface area contributed by atoms with E-state index in [9.17, 15) is 9.59 Å². The van der Waals surface area contributed by atoms with Crippen LogP contribution in [0.15, 0.2) is 30.3 Å². The molecule has 0 spiro atoms. The second-order valence-electron chi connectivity index (χ2n) is 6.70. The van der Waals surface area contributed by atoms with E-state index in [-0.39, 0.29) is 17.7 Å². The maximum absolute atomic E-state index is 12.5. The van der Waals surface area contributed by atoms with E-state index < -0.39 is 0 Å². The molecule has 0 N–H and O–H groups in total. The van der Waals surface area contributed by atoms with Gasteiger partial charge in [0.25, 0.3) is 0 Å². The lowest BCUT2D eigenvalue weighted by molar-refractivity contribution is -0.142. The third kappa shape index (κ3) is 4.12. The van der Waals surface area contributed by atoms with Crippen LogP contribution in [-0.4, -0.2) is 47.8 Å². The molecule has 0 aliphatic carbocycles. The fourth-order valence-corrected chi connectivity index (χ4v) is 3.65. The van der Waals surface area contributed by atoms with Crippen molar-refractivity contribution in [3.05, 3.63) is 35.9 Å². The second-order valence-corrected chi connectivity index (χ2v) is 6.70. The zero-order valence-corrected chi connectivity index (χ0v) is 13.7. The summed E-state index contributed by atoms with van der Waals surface area (Å²) < 4.78 is 0. The minimum absolute atomic E-state index is 0.0162. The van der Waals surface area contributed by atoms with E-state index in [0.29, 0.717) is 13.0 Å². The second kappa shape index (κ2) is 7.62. The average molecular weight is 314 g/mol. The third-order valence-electron chi connectivity index (χ3n) is 5.00. The molecule has 124 valence electrons. The lowest BCUT2D eigenvalue weighted by Crippen LogP contribution is -2.46. The van der Waals surface area contributed by atoms with Gasteiger partial charge in [0.1, 0.15) is 0 Å². The largest absolute Gasteiger partial charge is 0.342 e. The number of carbonyl (C=O) groups is 2. The number of nitrogens with zero attached hydrogens (tertiary/aromatic N) is 2. The van der Waals surface area contributed by atoms with Crippen LogP contribution < -0.4 is 0 Å². The number of likely N-dealkylation sites (tertiary alicyclic amines) is 2. The highest BCUT2D eigenvalue weighted by molar-refractivity contribution is 5.84. The first-order chi connectivity index (χ1) is 11.2. The van der Waals surface area contributed by atoms with Crippen molar-refractivity contribution in [2.75, 3.05) is 26.2 Å². The topological polar surface area (TPSA) is 40.6 Å². The van der Waals surface area contributed by atoms with Crippen LogP contribution in [0.3, 0.4) is 0 Å². The van der Waals surface area contributed by atoms with Crippen molar-refractivity contribution in [1.82, 2.24) is 9.80 Å². The highest BCUT2D eigenvalue weighted by Gasteiger charge is 2.33. The molecule has 2 saturated heterocycles. The van der Waals surface area contributed by atoms with Crippen molar-refractivity contribution < 1.29 is 9.59 Å². The van der Waals surface area contributed by atoms with Gasteiger partial charge in [-0.2, -0.15) is 0 Å². The van der Waals surface area contributed by atoms with E-state index in [2.05, 4.69) is 12.1 Å². The van der Waals surface area contributed by atoms with Crippen LogP contribution in [0.25, 0.3) is 0 Å². The van der Waals surface area contributed by atoms with Crippen molar-refractivity contribution in [1.29, 1.82) is 0 Å². The summed E-state index contributed by atoms with van der Waals surface area (Å²) in [6.07, 6.45) is 5.44. The molecule has 3 rings (SSSR count). The van der Waals surface area contributed by atoms with E-state index in [0.717, 1.165) is 51.7 Å². The fourth-order valence-electron chi connectivity index (χ4n) is 3.65.